The van der Waals surface area contributed by atoms with Crippen LogP contribution in [-0.4, -0.2) is 27.6 Å². The van der Waals surface area contributed by atoms with Crippen molar-refractivity contribution in [3.63, 3.8) is 0 Å². The smallest absolute Gasteiger partial charge is 0.231 e. The van der Waals surface area contributed by atoms with Crippen LogP contribution in [0.5, 0.6) is 5.75 Å². The maximum Gasteiger partial charge on any atom is 0.231 e. The Morgan fingerprint density at radius 1 is 1.00 bits per heavy atom. The monoisotopic (exact) mass is 440 g/mol. The van der Waals surface area contributed by atoms with Crippen molar-refractivity contribution in [2.24, 2.45) is 0 Å². The van der Waals surface area contributed by atoms with Gasteiger partial charge in [-0.3, -0.25) is 9.78 Å². The van der Waals surface area contributed by atoms with Gasteiger partial charge in [-0.25, -0.2) is 4.98 Å². The van der Waals surface area contributed by atoms with E-state index in [1.807, 2.05) is 79.5 Å². The molecule has 33 heavy (non-hydrogen) atoms. The lowest BCUT2D eigenvalue weighted by Crippen LogP contribution is -2.32. The quantitative estimate of drug-likeness (QED) is 0.442. The molecule has 6 nitrogen and oxygen atoms in total. The van der Waals surface area contributed by atoms with Gasteiger partial charge in [0.25, 0.3) is 0 Å². The summed E-state index contributed by atoms with van der Waals surface area (Å²) >= 11 is 0. The number of hydrogen-bond donors (Lipinski definition) is 0. The number of carbonyl (C=O) groups excluding carboxylic acids is 1. The van der Waals surface area contributed by atoms with Crippen LogP contribution in [0, 0.1) is 0 Å². The summed E-state index contributed by atoms with van der Waals surface area (Å²) in [7, 11) is 1.66. The standard InChI is InChI=1S/C25H22N4O2.C2H6/c1-31-23-11-5-3-9-20(23)21-16-28-15-19-8-2-4-10-22(19)29(17-24(28)27-21)25(30)13-18-7-6-12-26-14-18;1-2/h2-12,14,16H,13,15,17H2,1H3;1-2H3. The lowest BCUT2D eigenvalue weighted by atomic mass is 10.1. The molecule has 0 saturated carbocycles. The van der Waals surface area contributed by atoms with Gasteiger partial charge in [-0.15, -0.1) is 0 Å². The van der Waals surface area contributed by atoms with E-state index in [4.69, 9.17) is 9.72 Å². The maximum absolute atomic E-state index is 13.3. The number of methoxy groups -OCH3 is 1. The van der Waals surface area contributed by atoms with E-state index in [1.54, 1.807) is 19.5 Å². The molecule has 0 saturated heterocycles. The van der Waals surface area contributed by atoms with Crippen molar-refractivity contribution in [1.82, 2.24) is 14.5 Å². The van der Waals surface area contributed by atoms with E-state index in [9.17, 15) is 4.79 Å². The Morgan fingerprint density at radius 3 is 2.58 bits per heavy atom. The Kier molecular flexibility index (Phi) is 6.83. The van der Waals surface area contributed by atoms with Crippen LogP contribution in [0.3, 0.4) is 0 Å². The average molecular weight is 441 g/mol. The van der Waals surface area contributed by atoms with Gasteiger partial charge in [0.05, 0.1) is 32.3 Å². The number of para-hydroxylation sites is 2. The zero-order valence-corrected chi connectivity index (χ0v) is 19.2. The van der Waals surface area contributed by atoms with Crippen LogP contribution in [0.15, 0.2) is 79.3 Å². The van der Waals surface area contributed by atoms with Crippen LogP contribution >= 0.6 is 0 Å². The SMILES string of the molecule is CC.COc1ccccc1-c1cn2c(n1)CN(C(=O)Cc1cccnc1)c1ccccc1C2. The molecule has 4 aromatic rings. The molecular weight excluding hydrogens is 412 g/mol. The Balaban J connectivity index is 0.00000126. The van der Waals surface area contributed by atoms with Gasteiger partial charge in [-0.1, -0.05) is 50.2 Å². The van der Waals surface area contributed by atoms with E-state index in [2.05, 4.69) is 15.6 Å². The summed E-state index contributed by atoms with van der Waals surface area (Å²) in [5.74, 6) is 1.65. The third-order valence-corrected chi connectivity index (χ3v) is 5.54. The maximum atomic E-state index is 13.3. The van der Waals surface area contributed by atoms with E-state index < -0.39 is 0 Å². The summed E-state index contributed by atoms with van der Waals surface area (Å²) in [6.45, 7) is 5.07. The molecule has 2 aromatic heterocycles. The predicted molar refractivity (Wildman–Crippen MR) is 130 cm³/mol. The van der Waals surface area contributed by atoms with Gasteiger partial charge in [0.15, 0.2) is 0 Å². The van der Waals surface area contributed by atoms with Crippen LogP contribution < -0.4 is 9.64 Å². The van der Waals surface area contributed by atoms with Gasteiger partial charge in [0.1, 0.15) is 11.6 Å². The number of aromatic nitrogens is 3. The summed E-state index contributed by atoms with van der Waals surface area (Å²) in [5, 5.41) is 0. The normalized spacial score (nSPS) is 12.0. The Bertz CT molecular complexity index is 1230. The molecular formula is C27H28N4O2. The molecule has 1 aliphatic rings. The van der Waals surface area contributed by atoms with Gasteiger partial charge in [-0.2, -0.15) is 0 Å². The summed E-state index contributed by atoms with van der Waals surface area (Å²) < 4.78 is 7.64. The lowest BCUT2D eigenvalue weighted by molar-refractivity contribution is -0.118. The number of amides is 1. The van der Waals surface area contributed by atoms with Crippen LogP contribution in [0.2, 0.25) is 0 Å². The zero-order chi connectivity index (χ0) is 23.2. The third kappa shape index (κ3) is 4.65. The zero-order valence-electron chi connectivity index (χ0n) is 19.2. The van der Waals surface area contributed by atoms with Crippen LogP contribution in [0.25, 0.3) is 11.3 Å². The molecule has 168 valence electrons. The minimum Gasteiger partial charge on any atom is -0.496 e. The van der Waals surface area contributed by atoms with Gasteiger partial charge in [-0.05, 0) is 35.4 Å². The molecule has 2 aromatic carbocycles. The molecule has 0 fully saturated rings. The Hall–Kier alpha value is -3.93. The van der Waals surface area contributed by atoms with Crippen LogP contribution in [-0.2, 0) is 24.3 Å². The van der Waals surface area contributed by atoms with Gasteiger partial charge in [0.2, 0.25) is 5.91 Å². The second-order valence-corrected chi connectivity index (χ2v) is 7.52. The van der Waals surface area contributed by atoms with Crippen molar-refractivity contribution >= 4 is 11.6 Å². The number of anilines is 1. The second kappa shape index (κ2) is 10.1. The van der Waals surface area contributed by atoms with Crippen molar-refractivity contribution in [2.75, 3.05) is 12.0 Å². The molecule has 0 atom stereocenters. The van der Waals surface area contributed by atoms with Crippen LogP contribution in [0.1, 0.15) is 30.8 Å². The highest BCUT2D eigenvalue weighted by molar-refractivity contribution is 5.95. The first-order valence-electron chi connectivity index (χ1n) is 11.2. The molecule has 1 aliphatic heterocycles. The molecule has 0 aliphatic carbocycles. The second-order valence-electron chi connectivity index (χ2n) is 7.52. The predicted octanol–water partition coefficient (Wildman–Crippen LogP) is 5.12. The fourth-order valence-corrected chi connectivity index (χ4v) is 4.02. The molecule has 6 heteroatoms. The van der Waals surface area contributed by atoms with Gasteiger partial charge < -0.3 is 14.2 Å². The fourth-order valence-electron chi connectivity index (χ4n) is 4.02. The van der Waals surface area contributed by atoms with E-state index in [0.717, 1.165) is 39.6 Å². The van der Waals surface area contributed by atoms with Crippen molar-refractivity contribution in [2.45, 2.75) is 33.4 Å². The third-order valence-electron chi connectivity index (χ3n) is 5.54. The molecule has 5 rings (SSSR count). The summed E-state index contributed by atoms with van der Waals surface area (Å²) in [6.07, 6.45) is 5.79. The van der Waals surface area contributed by atoms with Crippen LogP contribution in [0.4, 0.5) is 5.69 Å². The molecule has 1 amide bonds. The summed E-state index contributed by atoms with van der Waals surface area (Å²) in [4.78, 5) is 24.2. The number of ether oxygens (including phenoxy) is 1. The molecule has 3 heterocycles. The highest BCUT2D eigenvalue weighted by Crippen LogP contribution is 2.32. The van der Waals surface area contributed by atoms with E-state index in [0.29, 0.717) is 19.5 Å². The first kappa shape index (κ1) is 22.3. The number of hydrogen-bond acceptors (Lipinski definition) is 4. The van der Waals surface area contributed by atoms with Crippen molar-refractivity contribution in [3.05, 3.63) is 96.2 Å². The number of nitrogens with zero attached hydrogens (tertiary/aromatic N) is 4. The van der Waals surface area contributed by atoms with Gasteiger partial charge in [0, 0.05) is 29.8 Å². The summed E-state index contributed by atoms with van der Waals surface area (Å²) in [6, 6.07) is 19.7. The topological polar surface area (TPSA) is 60.2 Å². The van der Waals surface area contributed by atoms with Crippen molar-refractivity contribution in [3.8, 4) is 17.0 Å². The molecule has 0 N–H and O–H groups in total. The van der Waals surface area contributed by atoms with Crippen molar-refractivity contribution in [1.29, 1.82) is 0 Å². The van der Waals surface area contributed by atoms with Gasteiger partial charge >= 0.3 is 0 Å². The number of pyridine rings is 1. The summed E-state index contributed by atoms with van der Waals surface area (Å²) in [5.41, 5.74) is 4.69. The number of benzene rings is 2. The first-order chi connectivity index (χ1) is 16.2. The number of rotatable bonds is 4. The highest BCUT2D eigenvalue weighted by Gasteiger charge is 2.26. The first-order valence-corrected chi connectivity index (χ1v) is 11.2. The van der Waals surface area contributed by atoms with E-state index >= 15 is 0 Å². The average Bonchev–Trinajstić information content (AvgIpc) is 3.19. The molecule has 0 radical (unpaired) electrons. The largest absolute Gasteiger partial charge is 0.496 e. The number of carbonyl (C=O) groups is 1. The number of imidazole rings is 1. The van der Waals surface area contributed by atoms with Crippen molar-refractivity contribution < 1.29 is 9.53 Å². The molecule has 0 spiro atoms. The minimum absolute atomic E-state index is 0.0238. The van der Waals surface area contributed by atoms with E-state index in [-0.39, 0.29) is 5.91 Å². The highest BCUT2D eigenvalue weighted by atomic mass is 16.5. The number of fused-ring (bicyclic) bond motifs is 2. The minimum atomic E-state index is 0.0238. The molecule has 0 bridgehead atoms. The lowest BCUT2D eigenvalue weighted by Gasteiger charge is -2.22. The Morgan fingerprint density at radius 2 is 1.79 bits per heavy atom. The fraction of sp³-hybridized carbons (Fsp3) is 0.222. The van der Waals surface area contributed by atoms with E-state index in [1.165, 1.54) is 0 Å². The Labute approximate surface area is 194 Å². The molecule has 0 unspecified atom stereocenters.